The molecule has 4 rings (SSSR count). The normalized spacial score (nSPS) is 13.4. The quantitative estimate of drug-likeness (QED) is 0.101. The van der Waals surface area contributed by atoms with Crippen molar-refractivity contribution >= 4 is 5.97 Å². The maximum Gasteiger partial charge on any atom is 0.338 e. The lowest BCUT2D eigenvalue weighted by Crippen LogP contribution is -2.21. The number of aromatic nitrogens is 3. The van der Waals surface area contributed by atoms with Gasteiger partial charge in [0.15, 0.2) is 17.5 Å². The summed E-state index contributed by atoms with van der Waals surface area (Å²) in [6.07, 6.45) is 9.58. The van der Waals surface area contributed by atoms with E-state index in [0.29, 0.717) is 58.4 Å². The highest BCUT2D eigenvalue weighted by Crippen LogP contribution is 2.33. The summed E-state index contributed by atoms with van der Waals surface area (Å²) >= 11 is 0. The highest BCUT2D eigenvalue weighted by Gasteiger charge is 2.22. The number of phenols is 2. The standard InChI is InChI=1S/C43H57N3O4/c1-28(2)12-10-14-30(5)18-20-35(32(7)15-11-13-29(3)4)27-50-43(49)34-23-21-33(22-24-34)40-44-41(36-16-8-9-17-38(36)47)46-42(45-40)37-25-19-31(6)26-39(37)48/h8-9,16-17,19,21-26,28-30,32,35,47-48H,10-15,18,20,27H2,1-7H3. The Bertz CT molecular complexity index is 1670. The predicted octanol–water partition coefficient (Wildman–Crippen LogP) is 11.1. The minimum absolute atomic E-state index is 0.0370. The molecule has 0 bridgehead atoms. The molecule has 0 aliphatic rings. The topological polar surface area (TPSA) is 105 Å². The fourth-order valence-electron chi connectivity index (χ4n) is 6.39. The highest BCUT2D eigenvalue weighted by molar-refractivity contribution is 5.90. The van der Waals surface area contributed by atoms with Crippen molar-refractivity contribution in [2.45, 2.75) is 99.8 Å². The Morgan fingerprint density at radius 1 is 0.660 bits per heavy atom. The lowest BCUT2D eigenvalue weighted by atomic mass is 9.83. The van der Waals surface area contributed by atoms with E-state index in [2.05, 4.69) is 56.5 Å². The van der Waals surface area contributed by atoms with Gasteiger partial charge in [-0.15, -0.1) is 0 Å². The van der Waals surface area contributed by atoms with E-state index >= 15 is 0 Å². The number of ether oxygens (including phenoxy) is 1. The van der Waals surface area contributed by atoms with Crippen LogP contribution >= 0.6 is 0 Å². The summed E-state index contributed by atoms with van der Waals surface area (Å²) in [6, 6.07) is 19.2. The molecule has 0 saturated carbocycles. The fourth-order valence-corrected chi connectivity index (χ4v) is 6.39. The van der Waals surface area contributed by atoms with Crippen LogP contribution in [0.2, 0.25) is 0 Å². The first kappa shape index (κ1) is 38.5. The van der Waals surface area contributed by atoms with E-state index in [0.717, 1.165) is 30.7 Å². The number of para-hydroxylation sites is 1. The zero-order chi connectivity index (χ0) is 36.2. The van der Waals surface area contributed by atoms with E-state index in [1.807, 2.05) is 13.0 Å². The van der Waals surface area contributed by atoms with Gasteiger partial charge in [0.1, 0.15) is 11.5 Å². The zero-order valence-electron chi connectivity index (χ0n) is 31.2. The molecule has 50 heavy (non-hydrogen) atoms. The molecule has 1 heterocycles. The van der Waals surface area contributed by atoms with Crippen LogP contribution in [0.3, 0.4) is 0 Å². The van der Waals surface area contributed by atoms with Gasteiger partial charge in [0.25, 0.3) is 0 Å². The zero-order valence-corrected chi connectivity index (χ0v) is 31.2. The molecule has 0 aliphatic carbocycles. The summed E-state index contributed by atoms with van der Waals surface area (Å²) in [4.78, 5) is 27.3. The molecule has 2 N–H and O–H groups in total. The lowest BCUT2D eigenvalue weighted by molar-refractivity contribution is 0.0375. The van der Waals surface area contributed by atoms with Crippen molar-refractivity contribution in [1.29, 1.82) is 0 Å². The van der Waals surface area contributed by atoms with Gasteiger partial charge in [-0.3, -0.25) is 0 Å². The maximum atomic E-state index is 13.3. The summed E-state index contributed by atoms with van der Waals surface area (Å²) in [5.74, 6) is 3.57. The van der Waals surface area contributed by atoms with Crippen LogP contribution < -0.4 is 0 Å². The van der Waals surface area contributed by atoms with Crippen LogP contribution in [0.25, 0.3) is 34.2 Å². The Kier molecular flexibility index (Phi) is 14.4. The predicted molar refractivity (Wildman–Crippen MR) is 203 cm³/mol. The molecular weight excluding hydrogens is 622 g/mol. The second kappa shape index (κ2) is 18.7. The number of hydrogen-bond donors (Lipinski definition) is 2. The molecule has 0 spiro atoms. The van der Waals surface area contributed by atoms with Crippen molar-refractivity contribution < 1.29 is 19.7 Å². The maximum absolute atomic E-state index is 13.3. The summed E-state index contributed by atoms with van der Waals surface area (Å²) in [6.45, 7) is 16.1. The van der Waals surface area contributed by atoms with Crippen molar-refractivity contribution in [1.82, 2.24) is 15.0 Å². The van der Waals surface area contributed by atoms with Crippen LogP contribution in [0.4, 0.5) is 0 Å². The van der Waals surface area contributed by atoms with E-state index in [4.69, 9.17) is 4.74 Å². The third-order valence-corrected chi connectivity index (χ3v) is 9.74. The largest absolute Gasteiger partial charge is 0.507 e. The molecule has 3 atom stereocenters. The number of rotatable bonds is 18. The first-order valence-electron chi connectivity index (χ1n) is 18.5. The van der Waals surface area contributed by atoms with Crippen LogP contribution in [0, 0.1) is 36.5 Å². The summed E-state index contributed by atoms with van der Waals surface area (Å²) < 4.78 is 5.98. The van der Waals surface area contributed by atoms with Crippen molar-refractivity contribution in [2.75, 3.05) is 6.61 Å². The summed E-state index contributed by atoms with van der Waals surface area (Å²) in [5, 5.41) is 21.3. The highest BCUT2D eigenvalue weighted by atomic mass is 16.5. The smallest absolute Gasteiger partial charge is 0.338 e. The average molecular weight is 680 g/mol. The Morgan fingerprint density at radius 3 is 1.88 bits per heavy atom. The first-order chi connectivity index (χ1) is 23.9. The molecule has 3 unspecified atom stereocenters. The van der Waals surface area contributed by atoms with Crippen LogP contribution in [-0.2, 0) is 4.74 Å². The van der Waals surface area contributed by atoms with Gasteiger partial charge in [-0.1, -0.05) is 117 Å². The van der Waals surface area contributed by atoms with E-state index in [-0.39, 0.29) is 29.1 Å². The van der Waals surface area contributed by atoms with Gasteiger partial charge in [0, 0.05) is 5.56 Å². The molecule has 7 heteroatoms. The van der Waals surface area contributed by atoms with Crippen molar-refractivity contribution in [3.63, 3.8) is 0 Å². The Balaban J connectivity index is 1.50. The molecule has 4 aromatic rings. The molecule has 1 aromatic heterocycles. The number of carbonyl (C=O) groups excluding carboxylic acids is 1. The Labute approximate surface area is 299 Å². The van der Waals surface area contributed by atoms with Gasteiger partial charge in [0.2, 0.25) is 0 Å². The van der Waals surface area contributed by atoms with Crippen LogP contribution in [-0.4, -0.2) is 37.7 Å². The lowest BCUT2D eigenvalue weighted by Gasteiger charge is -2.25. The molecule has 7 nitrogen and oxygen atoms in total. The number of aromatic hydroxyl groups is 2. The van der Waals surface area contributed by atoms with E-state index in [1.54, 1.807) is 60.7 Å². The minimum atomic E-state index is -0.336. The molecule has 0 aliphatic heterocycles. The first-order valence-corrected chi connectivity index (χ1v) is 18.5. The van der Waals surface area contributed by atoms with Crippen molar-refractivity contribution in [3.05, 3.63) is 77.9 Å². The number of carbonyl (C=O) groups is 1. The van der Waals surface area contributed by atoms with Crippen molar-refractivity contribution in [3.8, 4) is 45.7 Å². The molecule has 0 amide bonds. The van der Waals surface area contributed by atoms with Crippen LogP contribution in [0.15, 0.2) is 66.7 Å². The van der Waals surface area contributed by atoms with Gasteiger partial charge in [0.05, 0.1) is 23.3 Å². The van der Waals surface area contributed by atoms with Gasteiger partial charge in [-0.05, 0) is 84.9 Å². The summed E-state index contributed by atoms with van der Waals surface area (Å²) in [5.41, 5.74) is 2.93. The molecule has 268 valence electrons. The Morgan fingerprint density at radius 2 is 1.26 bits per heavy atom. The molecular formula is C43H57N3O4. The van der Waals surface area contributed by atoms with Crippen LogP contribution in [0.5, 0.6) is 11.5 Å². The second-order valence-corrected chi connectivity index (χ2v) is 15.1. The number of esters is 1. The fraction of sp³-hybridized carbons (Fsp3) is 0.488. The average Bonchev–Trinajstić information content (AvgIpc) is 3.07. The molecule has 0 fully saturated rings. The number of benzene rings is 3. The Hall–Kier alpha value is -4.26. The van der Waals surface area contributed by atoms with E-state index in [1.165, 1.54) is 32.1 Å². The number of aryl methyl sites for hydroxylation is 1. The van der Waals surface area contributed by atoms with E-state index < -0.39 is 0 Å². The number of nitrogens with zero attached hydrogens (tertiary/aromatic N) is 3. The minimum Gasteiger partial charge on any atom is -0.507 e. The SMILES string of the molecule is Cc1ccc(-c2nc(-c3ccc(C(=O)OCC(CCC(C)CCCC(C)C)C(C)CCCC(C)C)cc3)nc(-c3ccccc3O)n2)c(O)c1. The van der Waals surface area contributed by atoms with Crippen LogP contribution in [0.1, 0.15) is 109 Å². The molecule has 3 aromatic carbocycles. The number of phenolic OH excluding ortho intramolecular Hbond substituents is 2. The van der Waals surface area contributed by atoms with Gasteiger partial charge < -0.3 is 14.9 Å². The second-order valence-electron chi connectivity index (χ2n) is 15.1. The third-order valence-electron chi connectivity index (χ3n) is 9.74. The van der Waals surface area contributed by atoms with Gasteiger partial charge in [-0.25, -0.2) is 19.7 Å². The van der Waals surface area contributed by atoms with E-state index in [9.17, 15) is 15.0 Å². The summed E-state index contributed by atoms with van der Waals surface area (Å²) in [7, 11) is 0. The number of hydrogen-bond acceptors (Lipinski definition) is 7. The van der Waals surface area contributed by atoms with Crippen molar-refractivity contribution in [2.24, 2.45) is 29.6 Å². The molecule has 0 radical (unpaired) electrons. The van der Waals surface area contributed by atoms with Gasteiger partial charge >= 0.3 is 5.97 Å². The van der Waals surface area contributed by atoms with Gasteiger partial charge in [-0.2, -0.15) is 0 Å². The third kappa shape index (κ3) is 11.4. The molecule has 0 saturated heterocycles. The monoisotopic (exact) mass is 679 g/mol.